The number of hydrogen-bond acceptors (Lipinski definition) is 1. The third-order valence-electron chi connectivity index (χ3n) is 10.2. The molecule has 1 aliphatic heterocycles. The van der Waals surface area contributed by atoms with Crippen LogP contribution in [0.3, 0.4) is 0 Å². The lowest BCUT2D eigenvalue weighted by Gasteiger charge is -2.41. The number of pyridine rings is 1. The van der Waals surface area contributed by atoms with Gasteiger partial charge in [-0.05, 0) is 91.4 Å². The topological polar surface area (TPSA) is 22.0 Å². The zero-order valence-corrected chi connectivity index (χ0v) is 24.9. The first kappa shape index (κ1) is 25.3. The van der Waals surface area contributed by atoms with Crippen LogP contribution in [-0.2, 0) is 5.41 Å². The smallest absolute Gasteiger partial charge is 0.263 e. The highest BCUT2D eigenvalue weighted by Crippen LogP contribution is 2.60. The van der Waals surface area contributed by atoms with Crippen LogP contribution in [0.5, 0.6) is 0 Å². The van der Waals surface area contributed by atoms with Crippen molar-refractivity contribution in [2.24, 2.45) is 0 Å². The standard InChI is InChI=1S/C44H27NO/c46-43-35-20-8-7-17-32(35)36-25-31(29-15-5-2-6-16-29)27-40-42(36)45(43)41-24-23-30(28-13-3-1-4-14-28)26-39(41)44(40)37-21-11-9-18-33(37)34-19-10-12-22-38(34)44/h1-27H. The molecule has 8 aromatic rings. The van der Waals surface area contributed by atoms with E-state index in [1.807, 2.05) is 22.8 Å². The highest BCUT2D eigenvalue weighted by atomic mass is 16.1. The lowest BCUT2D eigenvalue weighted by atomic mass is 9.64. The number of rotatable bonds is 2. The first-order valence-corrected chi connectivity index (χ1v) is 15.8. The molecule has 0 fully saturated rings. The summed E-state index contributed by atoms with van der Waals surface area (Å²) in [7, 11) is 0. The molecule has 0 unspecified atom stereocenters. The monoisotopic (exact) mass is 585 g/mol. The summed E-state index contributed by atoms with van der Waals surface area (Å²) >= 11 is 0. The van der Waals surface area contributed by atoms with Crippen molar-refractivity contribution in [3.63, 3.8) is 0 Å². The summed E-state index contributed by atoms with van der Waals surface area (Å²) in [5.74, 6) is 0. The highest BCUT2D eigenvalue weighted by molar-refractivity contribution is 6.11. The number of nitrogens with zero attached hydrogens (tertiary/aromatic N) is 1. The Morgan fingerprint density at radius 1 is 0.391 bits per heavy atom. The van der Waals surface area contributed by atoms with Crippen LogP contribution in [0.1, 0.15) is 22.3 Å². The average Bonchev–Trinajstić information content (AvgIpc) is 3.43. The Bertz CT molecular complexity index is 2550. The van der Waals surface area contributed by atoms with Crippen LogP contribution in [0.25, 0.3) is 60.7 Å². The highest BCUT2D eigenvalue weighted by Gasteiger charge is 2.51. The fourth-order valence-electron chi connectivity index (χ4n) is 8.32. The van der Waals surface area contributed by atoms with Crippen LogP contribution < -0.4 is 5.56 Å². The van der Waals surface area contributed by atoms with Gasteiger partial charge in [0.15, 0.2) is 0 Å². The second kappa shape index (κ2) is 9.26. The van der Waals surface area contributed by atoms with Crippen LogP contribution in [-0.4, -0.2) is 4.57 Å². The normalized spacial score (nSPS) is 13.5. The van der Waals surface area contributed by atoms with Crippen LogP contribution in [0.4, 0.5) is 0 Å². The predicted molar refractivity (Wildman–Crippen MR) is 189 cm³/mol. The predicted octanol–water partition coefficient (Wildman–Crippen LogP) is 10.2. The van der Waals surface area contributed by atoms with E-state index < -0.39 is 5.41 Å². The molecule has 0 atom stereocenters. The minimum atomic E-state index is -0.634. The maximum absolute atomic E-state index is 14.7. The van der Waals surface area contributed by atoms with Crippen molar-refractivity contribution in [1.29, 1.82) is 0 Å². The zero-order chi connectivity index (χ0) is 30.4. The third-order valence-corrected chi connectivity index (χ3v) is 10.2. The first-order chi connectivity index (χ1) is 22.7. The molecule has 7 aromatic carbocycles. The number of benzene rings is 7. The van der Waals surface area contributed by atoms with E-state index in [1.54, 1.807) is 0 Å². The van der Waals surface area contributed by atoms with Gasteiger partial charge in [0.1, 0.15) is 0 Å². The summed E-state index contributed by atoms with van der Waals surface area (Å²) in [6.45, 7) is 0. The molecule has 0 saturated carbocycles. The van der Waals surface area contributed by atoms with E-state index in [0.717, 1.165) is 60.7 Å². The van der Waals surface area contributed by atoms with Crippen molar-refractivity contribution in [3.8, 4) is 39.1 Å². The van der Waals surface area contributed by atoms with Gasteiger partial charge in [-0.15, -0.1) is 0 Å². The molecule has 0 N–H and O–H groups in total. The van der Waals surface area contributed by atoms with Gasteiger partial charge in [-0.3, -0.25) is 9.36 Å². The molecule has 1 spiro atoms. The minimum absolute atomic E-state index is 0.0138. The van der Waals surface area contributed by atoms with Crippen LogP contribution in [0.15, 0.2) is 169 Å². The summed E-state index contributed by atoms with van der Waals surface area (Å²) < 4.78 is 2.00. The van der Waals surface area contributed by atoms with Crippen molar-refractivity contribution in [1.82, 2.24) is 4.57 Å². The molecule has 0 saturated heterocycles. The van der Waals surface area contributed by atoms with E-state index in [2.05, 4.69) is 146 Å². The maximum atomic E-state index is 14.7. The minimum Gasteiger partial charge on any atom is -0.276 e. The van der Waals surface area contributed by atoms with E-state index in [9.17, 15) is 4.79 Å². The molecule has 1 aliphatic carbocycles. The maximum Gasteiger partial charge on any atom is 0.263 e. The van der Waals surface area contributed by atoms with Gasteiger partial charge >= 0.3 is 0 Å². The Kier molecular flexibility index (Phi) is 5.10. The number of fused-ring (bicyclic) bond motifs is 11. The molecule has 2 nitrogen and oxygen atoms in total. The molecule has 0 amide bonds. The molecule has 2 heterocycles. The summed E-state index contributed by atoms with van der Waals surface area (Å²) in [6, 6.07) is 58.3. The van der Waals surface area contributed by atoms with Gasteiger partial charge in [0.25, 0.3) is 5.56 Å². The van der Waals surface area contributed by atoms with Crippen molar-refractivity contribution in [2.45, 2.75) is 5.41 Å². The van der Waals surface area contributed by atoms with Crippen molar-refractivity contribution in [2.75, 3.05) is 0 Å². The van der Waals surface area contributed by atoms with Crippen LogP contribution >= 0.6 is 0 Å². The molecule has 0 radical (unpaired) electrons. The van der Waals surface area contributed by atoms with Gasteiger partial charge < -0.3 is 0 Å². The van der Waals surface area contributed by atoms with Gasteiger partial charge in [-0.1, -0.05) is 133 Å². The van der Waals surface area contributed by atoms with E-state index in [-0.39, 0.29) is 5.56 Å². The van der Waals surface area contributed by atoms with Gasteiger partial charge in [0.05, 0.1) is 16.6 Å². The summed E-state index contributed by atoms with van der Waals surface area (Å²) in [5.41, 5.74) is 13.1. The van der Waals surface area contributed by atoms with E-state index in [4.69, 9.17) is 0 Å². The SMILES string of the molecule is O=c1c2ccccc2c2cc(-c3ccccc3)cc3c2n1-c1ccc(-c2ccccc2)cc1C31c2ccccc2-c2ccccc21. The molecule has 214 valence electrons. The van der Waals surface area contributed by atoms with Crippen LogP contribution in [0.2, 0.25) is 0 Å². The summed E-state index contributed by atoms with van der Waals surface area (Å²) in [4.78, 5) is 14.7. The summed E-state index contributed by atoms with van der Waals surface area (Å²) in [5, 5.41) is 2.80. The third kappa shape index (κ3) is 3.18. The van der Waals surface area contributed by atoms with E-state index in [1.165, 1.54) is 22.3 Å². The van der Waals surface area contributed by atoms with Gasteiger partial charge in [0.2, 0.25) is 0 Å². The molecule has 1 aromatic heterocycles. The van der Waals surface area contributed by atoms with Crippen LogP contribution in [0, 0.1) is 0 Å². The Morgan fingerprint density at radius 3 is 1.61 bits per heavy atom. The lowest BCUT2D eigenvalue weighted by molar-refractivity contribution is 0.740. The molecule has 2 heteroatoms. The molecule has 2 aliphatic rings. The number of aromatic nitrogens is 1. The largest absolute Gasteiger partial charge is 0.276 e. The van der Waals surface area contributed by atoms with Gasteiger partial charge in [-0.25, -0.2) is 0 Å². The molecule has 10 rings (SSSR count). The molecule has 0 bridgehead atoms. The second-order valence-corrected chi connectivity index (χ2v) is 12.4. The lowest BCUT2D eigenvalue weighted by Crippen LogP contribution is -2.37. The van der Waals surface area contributed by atoms with Gasteiger partial charge in [-0.2, -0.15) is 0 Å². The average molecular weight is 586 g/mol. The Labute approximate surface area is 266 Å². The molecule has 46 heavy (non-hydrogen) atoms. The summed E-state index contributed by atoms with van der Waals surface area (Å²) in [6.07, 6.45) is 0. The molecular weight excluding hydrogens is 558 g/mol. The quantitative estimate of drug-likeness (QED) is 0.185. The Morgan fingerprint density at radius 2 is 0.935 bits per heavy atom. The Balaban J connectivity index is 1.48. The fraction of sp³-hybridized carbons (Fsp3) is 0.0227. The second-order valence-electron chi connectivity index (χ2n) is 12.4. The van der Waals surface area contributed by atoms with Gasteiger partial charge in [0, 0.05) is 10.8 Å². The Hall–Kier alpha value is -5.99. The van der Waals surface area contributed by atoms with Crippen molar-refractivity contribution in [3.05, 3.63) is 196 Å². The molecular formula is C44H27NO. The van der Waals surface area contributed by atoms with Crippen molar-refractivity contribution < 1.29 is 0 Å². The van der Waals surface area contributed by atoms with E-state index in [0.29, 0.717) is 0 Å². The first-order valence-electron chi connectivity index (χ1n) is 15.8. The zero-order valence-electron chi connectivity index (χ0n) is 24.9. The van der Waals surface area contributed by atoms with Crippen molar-refractivity contribution >= 4 is 21.7 Å². The number of hydrogen-bond donors (Lipinski definition) is 0. The fourth-order valence-corrected chi connectivity index (χ4v) is 8.32. The van der Waals surface area contributed by atoms with E-state index >= 15 is 0 Å².